The summed E-state index contributed by atoms with van der Waals surface area (Å²) in [6.45, 7) is 2.46. The zero-order valence-corrected chi connectivity index (χ0v) is 17.3. The van der Waals surface area contributed by atoms with E-state index in [4.69, 9.17) is 4.74 Å². The minimum absolute atomic E-state index is 0. The molecule has 0 aliphatic heterocycles. The van der Waals surface area contributed by atoms with Crippen LogP contribution in [0.15, 0.2) is 53.3 Å². The fourth-order valence-electron chi connectivity index (χ4n) is 3.29. The van der Waals surface area contributed by atoms with Crippen molar-refractivity contribution < 1.29 is 14.9 Å². The van der Waals surface area contributed by atoms with E-state index >= 15 is 0 Å². The Morgan fingerprint density at radius 1 is 1.17 bits per heavy atom. The maximum atomic E-state index is 11.5. The summed E-state index contributed by atoms with van der Waals surface area (Å²) in [6.07, 6.45) is 1.07. The molecule has 0 saturated heterocycles. The molecule has 2 unspecified atom stereocenters. The van der Waals surface area contributed by atoms with Crippen LogP contribution in [0.2, 0.25) is 0 Å². The normalized spacial score (nSPS) is 12.9. The Balaban J connectivity index is 0.00000300. The number of aliphatic hydroxyl groups excluding tert-OH is 1. The number of pyridine rings is 1. The fraction of sp³-hybridized carbons (Fsp3) is 0.318. The number of fused-ring (bicyclic) bond motifs is 1. The smallest absolute Gasteiger partial charge is 0.248 e. The monoisotopic (exact) mass is 418 g/mol. The largest absolute Gasteiger partial charge is 0.506 e. The second kappa shape index (κ2) is 10.3. The van der Waals surface area contributed by atoms with Crippen molar-refractivity contribution in [2.24, 2.45) is 0 Å². The Bertz CT molecular complexity index is 1010. The van der Waals surface area contributed by atoms with Gasteiger partial charge in [0.05, 0.1) is 18.7 Å². The number of benzene rings is 2. The van der Waals surface area contributed by atoms with Gasteiger partial charge in [-0.1, -0.05) is 18.2 Å². The molecule has 156 valence electrons. The number of phenolic OH excluding ortho intramolecular Hbond substituents is 1. The van der Waals surface area contributed by atoms with Gasteiger partial charge in [0.2, 0.25) is 5.56 Å². The number of methoxy groups -OCH3 is 1. The van der Waals surface area contributed by atoms with Gasteiger partial charge in [0.15, 0.2) is 0 Å². The third-order valence-electron chi connectivity index (χ3n) is 4.93. The standard InChI is InChI=1S/C22H26N2O4.ClH/c1-14(6-7-15-4-3-5-16(12-15)28-2)23-13-20(26)17-8-10-19(25)22-18(17)9-11-21(27)24-22;/h3-5,8-12,14,20,23,25-26H,6-7,13H2,1-2H3,(H,24,27);1H. The first-order chi connectivity index (χ1) is 13.5. The molecule has 0 fully saturated rings. The number of hydrogen-bond donors (Lipinski definition) is 4. The second-order valence-electron chi connectivity index (χ2n) is 7.00. The summed E-state index contributed by atoms with van der Waals surface area (Å²) in [5, 5.41) is 24.6. The lowest BCUT2D eigenvalue weighted by molar-refractivity contribution is 0.171. The molecule has 0 saturated carbocycles. The summed E-state index contributed by atoms with van der Waals surface area (Å²) in [5.74, 6) is 0.842. The van der Waals surface area contributed by atoms with Gasteiger partial charge in [0.25, 0.3) is 0 Å². The van der Waals surface area contributed by atoms with Gasteiger partial charge in [-0.2, -0.15) is 0 Å². The Morgan fingerprint density at radius 3 is 2.72 bits per heavy atom. The highest BCUT2D eigenvalue weighted by Crippen LogP contribution is 2.28. The topological polar surface area (TPSA) is 94.6 Å². The van der Waals surface area contributed by atoms with Gasteiger partial charge in [-0.05, 0) is 55.2 Å². The summed E-state index contributed by atoms with van der Waals surface area (Å²) in [6, 6.07) is 14.4. The third-order valence-corrected chi connectivity index (χ3v) is 4.93. The van der Waals surface area contributed by atoms with Crippen LogP contribution in [0.4, 0.5) is 0 Å². The highest BCUT2D eigenvalue weighted by Gasteiger charge is 2.15. The molecule has 1 aromatic heterocycles. The van der Waals surface area contributed by atoms with Crippen LogP contribution in [-0.2, 0) is 6.42 Å². The van der Waals surface area contributed by atoms with Crippen LogP contribution in [-0.4, -0.2) is 34.9 Å². The first kappa shape index (κ1) is 22.7. The minimum Gasteiger partial charge on any atom is -0.506 e. The summed E-state index contributed by atoms with van der Waals surface area (Å²) in [7, 11) is 1.66. The van der Waals surface area contributed by atoms with E-state index in [9.17, 15) is 15.0 Å². The molecule has 0 aliphatic rings. The fourth-order valence-corrected chi connectivity index (χ4v) is 3.29. The predicted octanol–water partition coefficient (Wildman–Crippen LogP) is 3.31. The molecule has 0 radical (unpaired) electrons. The number of aromatic nitrogens is 1. The molecule has 6 nitrogen and oxygen atoms in total. The molecule has 3 aromatic rings. The van der Waals surface area contributed by atoms with Gasteiger partial charge in [-0.15, -0.1) is 12.4 Å². The molecular weight excluding hydrogens is 392 g/mol. The van der Waals surface area contributed by atoms with Crippen LogP contribution < -0.4 is 15.6 Å². The second-order valence-corrected chi connectivity index (χ2v) is 7.00. The lowest BCUT2D eigenvalue weighted by Gasteiger charge is -2.19. The summed E-state index contributed by atoms with van der Waals surface area (Å²) >= 11 is 0. The molecule has 0 aliphatic carbocycles. The number of aliphatic hydroxyl groups is 1. The molecule has 0 amide bonds. The summed E-state index contributed by atoms with van der Waals surface area (Å²) in [5.41, 5.74) is 1.92. The lowest BCUT2D eigenvalue weighted by Crippen LogP contribution is -2.31. The number of hydrogen-bond acceptors (Lipinski definition) is 5. The van der Waals surface area contributed by atoms with Gasteiger partial charge in [0.1, 0.15) is 11.5 Å². The first-order valence-corrected chi connectivity index (χ1v) is 9.37. The number of aromatic hydroxyl groups is 1. The van der Waals surface area contributed by atoms with Crippen molar-refractivity contribution in [1.82, 2.24) is 10.3 Å². The third kappa shape index (κ3) is 5.73. The number of aromatic amines is 1. The van der Waals surface area contributed by atoms with Crippen molar-refractivity contribution in [2.45, 2.75) is 31.9 Å². The summed E-state index contributed by atoms with van der Waals surface area (Å²) < 4.78 is 5.25. The molecule has 0 bridgehead atoms. The number of rotatable bonds is 8. The zero-order chi connectivity index (χ0) is 20.1. The van der Waals surface area contributed by atoms with Crippen LogP contribution in [0.25, 0.3) is 10.9 Å². The zero-order valence-electron chi connectivity index (χ0n) is 16.5. The Morgan fingerprint density at radius 2 is 1.97 bits per heavy atom. The minimum atomic E-state index is -0.756. The first-order valence-electron chi connectivity index (χ1n) is 9.37. The Hall–Kier alpha value is -2.54. The number of ether oxygens (including phenoxy) is 1. The molecule has 2 aromatic carbocycles. The van der Waals surface area contributed by atoms with Crippen molar-refractivity contribution in [3.63, 3.8) is 0 Å². The van der Waals surface area contributed by atoms with Crippen LogP contribution in [0.1, 0.15) is 30.6 Å². The van der Waals surface area contributed by atoms with E-state index in [1.54, 1.807) is 19.2 Å². The van der Waals surface area contributed by atoms with E-state index < -0.39 is 6.10 Å². The number of halogens is 1. The molecule has 3 rings (SSSR count). The van der Waals surface area contributed by atoms with E-state index in [-0.39, 0.29) is 29.8 Å². The Labute approximate surface area is 176 Å². The molecule has 29 heavy (non-hydrogen) atoms. The van der Waals surface area contributed by atoms with Crippen LogP contribution in [0.3, 0.4) is 0 Å². The molecule has 4 N–H and O–H groups in total. The van der Waals surface area contributed by atoms with Crippen molar-refractivity contribution in [1.29, 1.82) is 0 Å². The lowest BCUT2D eigenvalue weighted by atomic mass is 10.0. The van der Waals surface area contributed by atoms with Crippen molar-refractivity contribution in [3.8, 4) is 11.5 Å². The highest BCUT2D eigenvalue weighted by molar-refractivity contribution is 5.87. The van der Waals surface area contributed by atoms with Gasteiger partial charge in [-0.25, -0.2) is 0 Å². The van der Waals surface area contributed by atoms with Crippen molar-refractivity contribution in [2.75, 3.05) is 13.7 Å². The van der Waals surface area contributed by atoms with E-state index in [1.807, 2.05) is 18.2 Å². The Kier molecular flexibility index (Phi) is 8.08. The van der Waals surface area contributed by atoms with Crippen LogP contribution in [0, 0.1) is 0 Å². The predicted molar refractivity (Wildman–Crippen MR) is 117 cm³/mol. The maximum Gasteiger partial charge on any atom is 0.248 e. The maximum absolute atomic E-state index is 11.5. The quantitative estimate of drug-likeness (QED) is 0.450. The average molecular weight is 419 g/mol. The van der Waals surface area contributed by atoms with Crippen molar-refractivity contribution >= 4 is 23.3 Å². The highest BCUT2D eigenvalue weighted by atomic mass is 35.5. The molecular formula is C22H27ClN2O4. The SMILES string of the molecule is COc1cccc(CCC(C)NCC(O)c2ccc(O)c3[nH]c(=O)ccc23)c1.Cl. The molecule has 1 heterocycles. The molecule has 0 spiro atoms. The van der Waals surface area contributed by atoms with Gasteiger partial charge in [0, 0.05) is 24.0 Å². The van der Waals surface area contributed by atoms with E-state index in [0.717, 1.165) is 18.6 Å². The molecule has 2 atom stereocenters. The van der Waals surface area contributed by atoms with E-state index in [2.05, 4.69) is 23.3 Å². The number of aryl methyl sites for hydroxylation is 1. The van der Waals surface area contributed by atoms with Crippen LogP contribution in [0.5, 0.6) is 11.5 Å². The van der Waals surface area contributed by atoms with Crippen molar-refractivity contribution in [3.05, 3.63) is 70.0 Å². The number of H-pyrrole nitrogens is 1. The van der Waals surface area contributed by atoms with Gasteiger partial charge < -0.3 is 25.3 Å². The van der Waals surface area contributed by atoms with E-state index in [0.29, 0.717) is 23.0 Å². The number of phenols is 1. The molecule has 7 heteroatoms. The van der Waals surface area contributed by atoms with E-state index in [1.165, 1.54) is 17.7 Å². The van der Waals surface area contributed by atoms with Gasteiger partial charge >= 0.3 is 0 Å². The van der Waals surface area contributed by atoms with Crippen LogP contribution >= 0.6 is 12.4 Å². The summed E-state index contributed by atoms with van der Waals surface area (Å²) in [4.78, 5) is 14.1. The number of nitrogens with one attached hydrogen (secondary N) is 2. The van der Waals surface area contributed by atoms with Gasteiger partial charge in [-0.3, -0.25) is 4.79 Å². The average Bonchev–Trinajstić information content (AvgIpc) is 2.71.